The van der Waals surface area contributed by atoms with Crippen molar-refractivity contribution in [3.05, 3.63) is 0 Å². The lowest BCUT2D eigenvalue weighted by Gasteiger charge is -2.28. The van der Waals surface area contributed by atoms with Gasteiger partial charge in [0.25, 0.3) is 0 Å². The van der Waals surface area contributed by atoms with Crippen molar-refractivity contribution in [3.8, 4) is 6.07 Å². The number of nitriles is 1. The van der Waals surface area contributed by atoms with Gasteiger partial charge in [0.05, 0.1) is 12.2 Å². The lowest BCUT2D eigenvalue weighted by Crippen LogP contribution is -2.47. The van der Waals surface area contributed by atoms with Crippen molar-refractivity contribution < 1.29 is 13.5 Å². The zero-order valence-corrected chi connectivity index (χ0v) is 9.50. The van der Waals surface area contributed by atoms with Gasteiger partial charge in [0.1, 0.15) is 0 Å². The third-order valence-corrected chi connectivity index (χ3v) is 4.36. The van der Waals surface area contributed by atoms with Crippen LogP contribution in [0.3, 0.4) is 0 Å². The van der Waals surface area contributed by atoms with Gasteiger partial charge < -0.3 is 5.11 Å². The van der Waals surface area contributed by atoms with Crippen molar-refractivity contribution in [1.29, 1.82) is 5.26 Å². The highest BCUT2D eigenvalue weighted by molar-refractivity contribution is 7.90. The Labute approximate surface area is 90.2 Å². The minimum atomic E-state index is -3.61. The molecule has 0 aromatic rings. The predicted octanol–water partition coefficient (Wildman–Crippen LogP) is 0.121. The van der Waals surface area contributed by atoms with E-state index < -0.39 is 27.4 Å². The van der Waals surface area contributed by atoms with Crippen LogP contribution >= 0.6 is 0 Å². The number of sulfonamides is 1. The molecule has 0 radical (unpaired) electrons. The molecule has 0 aromatic carbocycles. The normalized spacial score (nSPS) is 29.4. The number of aliphatic hydroxyl groups excluding tert-OH is 1. The first kappa shape index (κ1) is 12.4. The predicted molar refractivity (Wildman–Crippen MR) is 55.4 cm³/mol. The van der Waals surface area contributed by atoms with Gasteiger partial charge in [0, 0.05) is 6.04 Å². The molecule has 0 aliphatic heterocycles. The monoisotopic (exact) mass is 232 g/mol. The Hall–Kier alpha value is -0.640. The molecular formula is C9H16N2O3S. The Balaban J connectivity index is 2.65. The van der Waals surface area contributed by atoms with Crippen molar-refractivity contribution in [2.75, 3.05) is 0 Å². The first-order chi connectivity index (χ1) is 6.97. The van der Waals surface area contributed by atoms with Crippen LogP contribution in [0.15, 0.2) is 0 Å². The van der Waals surface area contributed by atoms with Crippen LogP contribution in [-0.4, -0.2) is 30.9 Å². The van der Waals surface area contributed by atoms with E-state index in [1.807, 2.05) is 0 Å². The van der Waals surface area contributed by atoms with E-state index in [4.69, 9.17) is 5.26 Å². The van der Waals surface area contributed by atoms with Crippen LogP contribution in [0.25, 0.3) is 0 Å². The standard InChI is InChI=1S/C9H16N2O3S/c1-7(6-10)15(13,14)11-8-4-2-3-5-9(8)12/h7-9,11-12H,2-5H2,1H3/t7?,8-,9-/m1/s1. The number of nitrogens with zero attached hydrogens (tertiary/aromatic N) is 1. The molecule has 0 saturated heterocycles. The first-order valence-corrected chi connectivity index (χ1v) is 6.61. The van der Waals surface area contributed by atoms with Crippen LogP contribution in [0.5, 0.6) is 0 Å². The van der Waals surface area contributed by atoms with Crippen molar-refractivity contribution in [2.45, 2.75) is 50.0 Å². The minimum Gasteiger partial charge on any atom is -0.391 e. The van der Waals surface area contributed by atoms with Crippen LogP contribution in [0, 0.1) is 11.3 Å². The van der Waals surface area contributed by atoms with E-state index in [1.54, 1.807) is 6.07 Å². The third kappa shape index (κ3) is 3.16. The van der Waals surface area contributed by atoms with Gasteiger partial charge >= 0.3 is 0 Å². The molecule has 0 spiro atoms. The molecule has 15 heavy (non-hydrogen) atoms. The maximum absolute atomic E-state index is 11.5. The molecule has 0 aromatic heterocycles. The van der Waals surface area contributed by atoms with E-state index in [2.05, 4.69) is 4.72 Å². The molecule has 1 fully saturated rings. The molecule has 0 amide bonds. The zero-order valence-electron chi connectivity index (χ0n) is 8.68. The second-order valence-electron chi connectivity index (χ2n) is 3.89. The fraction of sp³-hybridized carbons (Fsp3) is 0.889. The quantitative estimate of drug-likeness (QED) is 0.723. The van der Waals surface area contributed by atoms with Crippen LogP contribution < -0.4 is 4.72 Å². The smallest absolute Gasteiger partial charge is 0.228 e. The number of nitrogens with one attached hydrogen (secondary N) is 1. The average molecular weight is 232 g/mol. The number of rotatable bonds is 3. The van der Waals surface area contributed by atoms with Crippen molar-refractivity contribution >= 4 is 10.0 Å². The fourth-order valence-electron chi connectivity index (χ4n) is 1.63. The zero-order chi connectivity index (χ0) is 11.5. The van der Waals surface area contributed by atoms with E-state index >= 15 is 0 Å². The molecule has 0 bridgehead atoms. The number of hydrogen-bond donors (Lipinski definition) is 2. The molecule has 1 aliphatic rings. The van der Waals surface area contributed by atoms with Crippen molar-refractivity contribution in [3.63, 3.8) is 0 Å². The molecule has 2 N–H and O–H groups in total. The third-order valence-electron chi connectivity index (χ3n) is 2.69. The first-order valence-electron chi connectivity index (χ1n) is 5.06. The maximum Gasteiger partial charge on any atom is 0.228 e. The average Bonchev–Trinajstić information content (AvgIpc) is 2.20. The summed E-state index contributed by atoms with van der Waals surface area (Å²) in [5.74, 6) is 0. The van der Waals surface area contributed by atoms with E-state index in [9.17, 15) is 13.5 Å². The molecule has 3 atom stereocenters. The van der Waals surface area contributed by atoms with Crippen molar-refractivity contribution in [1.82, 2.24) is 4.72 Å². The summed E-state index contributed by atoms with van der Waals surface area (Å²) >= 11 is 0. The summed E-state index contributed by atoms with van der Waals surface area (Å²) < 4.78 is 25.5. The summed E-state index contributed by atoms with van der Waals surface area (Å²) in [4.78, 5) is 0. The van der Waals surface area contributed by atoms with Gasteiger partial charge in [0.15, 0.2) is 5.25 Å². The van der Waals surface area contributed by atoms with Gasteiger partial charge in [0.2, 0.25) is 10.0 Å². The Morgan fingerprint density at radius 2 is 2.07 bits per heavy atom. The highest BCUT2D eigenvalue weighted by Crippen LogP contribution is 2.19. The van der Waals surface area contributed by atoms with Crippen molar-refractivity contribution in [2.24, 2.45) is 0 Å². The Morgan fingerprint density at radius 1 is 1.47 bits per heavy atom. The molecule has 1 aliphatic carbocycles. The highest BCUT2D eigenvalue weighted by Gasteiger charge is 2.29. The Morgan fingerprint density at radius 3 is 2.60 bits per heavy atom. The van der Waals surface area contributed by atoms with Crippen LogP contribution in [0.2, 0.25) is 0 Å². The molecule has 6 heteroatoms. The summed E-state index contributed by atoms with van der Waals surface area (Å²) in [5, 5.41) is 17.0. The highest BCUT2D eigenvalue weighted by atomic mass is 32.2. The number of aliphatic hydroxyl groups is 1. The van der Waals surface area contributed by atoms with Gasteiger partial charge in [-0.15, -0.1) is 0 Å². The summed E-state index contributed by atoms with van der Waals surface area (Å²) in [5.41, 5.74) is 0. The molecular weight excluding hydrogens is 216 g/mol. The SMILES string of the molecule is CC(C#N)S(=O)(=O)N[C@@H]1CCCC[C@H]1O. The van der Waals surface area contributed by atoms with Crippen LogP contribution in [0.4, 0.5) is 0 Å². The molecule has 86 valence electrons. The Bertz CT molecular complexity index is 347. The van der Waals surface area contributed by atoms with Gasteiger partial charge in [-0.2, -0.15) is 5.26 Å². The summed E-state index contributed by atoms with van der Waals surface area (Å²) in [6, 6.07) is 1.25. The second-order valence-corrected chi connectivity index (χ2v) is 5.93. The van der Waals surface area contributed by atoms with E-state index in [1.165, 1.54) is 6.92 Å². The van der Waals surface area contributed by atoms with Crippen LogP contribution in [0.1, 0.15) is 32.6 Å². The summed E-state index contributed by atoms with van der Waals surface area (Å²) in [7, 11) is -3.61. The lowest BCUT2D eigenvalue weighted by molar-refractivity contribution is 0.101. The van der Waals surface area contributed by atoms with E-state index in [0.717, 1.165) is 12.8 Å². The maximum atomic E-state index is 11.5. The van der Waals surface area contributed by atoms with Crippen LogP contribution in [-0.2, 0) is 10.0 Å². The molecule has 1 rings (SSSR count). The second kappa shape index (κ2) is 4.92. The summed E-state index contributed by atoms with van der Waals surface area (Å²) in [6.07, 6.45) is 2.46. The molecule has 0 heterocycles. The lowest BCUT2D eigenvalue weighted by atomic mass is 9.93. The van der Waals surface area contributed by atoms with Gasteiger partial charge in [-0.25, -0.2) is 13.1 Å². The number of hydrogen-bond acceptors (Lipinski definition) is 4. The van der Waals surface area contributed by atoms with Gasteiger partial charge in [-0.05, 0) is 19.8 Å². The Kier molecular flexibility index (Phi) is 4.08. The molecule has 5 nitrogen and oxygen atoms in total. The fourth-order valence-corrected chi connectivity index (χ4v) is 2.67. The van der Waals surface area contributed by atoms with E-state index in [-0.39, 0.29) is 0 Å². The van der Waals surface area contributed by atoms with Gasteiger partial charge in [-0.1, -0.05) is 12.8 Å². The topological polar surface area (TPSA) is 90.2 Å². The van der Waals surface area contributed by atoms with Gasteiger partial charge in [-0.3, -0.25) is 0 Å². The molecule has 1 saturated carbocycles. The minimum absolute atomic E-state index is 0.431. The molecule has 1 unspecified atom stereocenters. The summed E-state index contributed by atoms with van der Waals surface area (Å²) in [6.45, 7) is 1.33. The van der Waals surface area contributed by atoms with E-state index in [0.29, 0.717) is 12.8 Å². The largest absolute Gasteiger partial charge is 0.391 e.